The lowest BCUT2D eigenvalue weighted by atomic mass is 10.2. The Balaban J connectivity index is 1.50. The van der Waals surface area contributed by atoms with Crippen molar-refractivity contribution in [1.29, 1.82) is 0 Å². The minimum atomic E-state index is -0.194. The molecule has 6 nitrogen and oxygen atoms in total. The van der Waals surface area contributed by atoms with E-state index in [0.29, 0.717) is 22.9 Å². The number of para-hydroxylation sites is 2. The fourth-order valence-corrected chi connectivity index (χ4v) is 3.74. The molecule has 156 valence electrons. The molecule has 3 rings (SSSR count). The van der Waals surface area contributed by atoms with Crippen LogP contribution in [0, 0.1) is 0 Å². The molecule has 1 amide bonds. The number of nitrogens with two attached hydrogens (primary N) is 1. The van der Waals surface area contributed by atoms with Crippen molar-refractivity contribution in [1.82, 2.24) is 0 Å². The molecule has 2 aromatic carbocycles. The molecule has 30 heavy (non-hydrogen) atoms. The normalized spacial score (nSPS) is 10.9. The summed E-state index contributed by atoms with van der Waals surface area (Å²) in [4.78, 5) is 21.6. The number of nitrogens with zero attached hydrogens (tertiary/aromatic N) is 2. The van der Waals surface area contributed by atoms with Crippen LogP contribution in [-0.4, -0.2) is 25.2 Å². The maximum atomic E-state index is 12.4. The largest absolute Gasteiger partial charge is 0.397 e. The smallest absolute Gasteiger partial charge is 0.265 e. The molecule has 0 aliphatic carbocycles. The first-order valence-corrected chi connectivity index (χ1v) is 10.7. The van der Waals surface area contributed by atoms with Gasteiger partial charge in [-0.15, -0.1) is 11.3 Å². The monoisotopic (exact) mass is 422 g/mol. The third-order valence-corrected chi connectivity index (χ3v) is 5.66. The second-order valence-corrected chi connectivity index (χ2v) is 7.75. The number of amides is 1. The molecular formula is C23H26N4O2S. The molecule has 3 aromatic rings. The number of nitrogen functional groups attached to an aromatic ring is 1. The van der Waals surface area contributed by atoms with Crippen LogP contribution in [0.25, 0.3) is 0 Å². The van der Waals surface area contributed by atoms with Crippen molar-refractivity contribution in [3.63, 3.8) is 0 Å². The van der Waals surface area contributed by atoms with Crippen LogP contribution in [0.3, 0.4) is 0 Å². The molecule has 7 heteroatoms. The molecule has 0 aliphatic heterocycles. The van der Waals surface area contributed by atoms with E-state index in [9.17, 15) is 4.79 Å². The van der Waals surface area contributed by atoms with Gasteiger partial charge in [-0.25, -0.2) is 0 Å². The third kappa shape index (κ3) is 5.61. The zero-order valence-electron chi connectivity index (χ0n) is 17.2. The van der Waals surface area contributed by atoms with Gasteiger partial charge in [0.25, 0.3) is 5.91 Å². The molecule has 0 saturated carbocycles. The predicted octanol–water partition coefficient (Wildman–Crippen LogP) is 4.98. The van der Waals surface area contributed by atoms with Crippen LogP contribution in [0.4, 0.5) is 17.1 Å². The fraction of sp³-hybridized carbons (Fsp3) is 0.217. The van der Waals surface area contributed by atoms with Crippen molar-refractivity contribution in [2.75, 3.05) is 29.0 Å². The van der Waals surface area contributed by atoms with Crippen LogP contribution in [0.2, 0.25) is 0 Å². The van der Waals surface area contributed by atoms with Gasteiger partial charge >= 0.3 is 0 Å². The second kappa shape index (κ2) is 10.5. The highest BCUT2D eigenvalue weighted by molar-refractivity contribution is 7.14. The van der Waals surface area contributed by atoms with Gasteiger partial charge in [-0.05, 0) is 55.8 Å². The van der Waals surface area contributed by atoms with Crippen molar-refractivity contribution in [3.05, 3.63) is 76.0 Å². The van der Waals surface area contributed by atoms with Crippen LogP contribution in [0.1, 0.15) is 34.0 Å². The first-order chi connectivity index (χ1) is 14.6. The van der Waals surface area contributed by atoms with Gasteiger partial charge in [-0.1, -0.05) is 29.4 Å². The Labute approximate surface area is 181 Å². The number of hydrogen-bond donors (Lipinski definition) is 2. The number of oxime groups is 1. The lowest BCUT2D eigenvalue weighted by Crippen LogP contribution is -2.21. The van der Waals surface area contributed by atoms with E-state index in [1.54, 1.807) is 24.4 Å². The van der Waals surface area contributed by atoms with E-state index in [1.165, 1.54) is 17.0 Å². The Morgan fingerprint density at radius 1 is 1.10 bits per heavy atom. The molecule has 0 unspecified atom stereocenters. The Morgan fingerprint density at radius 2 is 1.83 bits per heavy atom. The molecule has 0 spiro atoms. The highest BCUT2D eigenvalue weighted by atomic mass is 32.1. The van der Waals surface area contributed by atoms with E-state index in [4.69, 9.17) is 10.6 Å². The van der Waals surface area contributed by atoms with Crippen molar-refractivity contribution >= 4 is 40.5 Å². The Morgan fingerprint density at radius 3 is 2.53 bits per heavy atom. The number of nitrogens with one attached hydrogen (secondary N) is 1. The molecule has 0 saturated heterocycles. The molecule has 0 atom stereocenters. The van der Waals surface area contributed by atoms with Gasteiger partial charge in [-0.3, -0.25) is 4.79 Å². The standard InChI is InChI=1S/C23H26N4O2S/c1-3-27(4-2)18-11-9-17(10-12-18)15-25-29-16-19-13-14-22(30-19)23(28)26-21-8-6-5-7-20(21)24/h5-15H,3-4,16,24H2,1-2H3,(H,26,28)/b25-15+. The van der Waals surface area contributed by atoms with Crippen molar-refractivity contribution in [3.8, 4) is 0 Å². The molecule has 0 radical (unpaired) electrons. The number of carbonyl (C=O) groups excluding carboxylic acids is 1. The van der Waals surface area contributed by atoms with Crippen LogP contribution in [0.15, 0.2) is 65.8 Å². The number of carbonyl (C=O) groups is 1. The van der Waals surface area contributed by atoms with Gasteiger partial charge in [0.2, 0.25) is 0 Å². The molecule has 1 heterocycles. The fourth-order valence-electron chi connectivity index (χ4n) is 2.93. The van der Waals surface area contributed by atoms with E-state index in [2.05, 4.69) is 41.4 Å². The number of hydrogen-bond acceptors (Lipinski definition) is 6. The summed E-state index contributed by atoms with van der Waals surface area (Å²) in [6.07, 6.45) is 1.69. The lowest BCUT2D eigenvalue weighted by molar-refractivity contribution is 0.103. The third-order valence-electron chi connectivity index (χ3n) is 4.60. The molecule has 3 N–H and O–H groups in total. The first-order valence-electron chi connectivity index (χ1n) is 9.85. The van der Waals surface area contributed by atoms with E-state index in [0.717, 1.165) is 23.5 Å². The quantitative estimate of drug-likeness (QED) is 0.290. The summed E-state index contributed by atoms with van der Waals surface area (Å²) in [5.74, 6) is -0.194. The lowest BCUT2D eigenvalue weighted by Gasteiger charge is -2.20. The van der Waals surface area contributed by atoms with Gasteiger partial charge < -0.3 is 20.8 Å². The van der Waals surface area contributed by atoms with Crippen LogP contribution in [0.5, 0.6) is 0 Å². The Kier molecular flexibility index (Phi) is 7.45. The zero-order chi connectivity index (χ0) is 21.3. The van der Waals surface area contributed by atoms with Gasteiger partial charge in [0, 0.05) is 23.7 Å². The molecule has 0 bridgehead atoms. The number of benzene rings is 2. The average molecular weight is 423 g/mol. The summed E-state index contributed by atoms with van der Waals surface area (Å²) < 4.78 is 0. The highest BCUT2D eigenvalue weighted by Crippen LogP contribution is 2.22. The topological polar surface area (TPSA) is 80.0 Å². The van der Waals surface area contributed by atoms with Crippen molar-refractivity contribution in [2.45, 2.75) is 20.5 Å². The summed E-state index contributed by atoms with van der Waals surface area (Å²) >= 11 is 1.37. The number of anilines is 3. The average Bonchev–Trinajstić information content (AvgIpc) is 3.24. The van der Waals surface area contributed by atoms with Gasteiger partial charge in [0.05, 0.1) is 22.5 Å². The van der Waals surface area contributed by atoms with E-state index >= 15 is 0 Å². The number of rotatable bonds is 9. The minimum Gasteiger partial charge on any atom is -0.397 e. The summed E-state index contributed by atoms with van der Waals surface area (Å²) in [7, 11) is 0. The van der Waals surface area contributed by atoms with E-state index in [1.807, 2.05) is 30.3 Å². The highest BCUT2D eigenvalue weighted by Gasteiger charge is 2.11. The summed E-state index contributed by atoms with van der Waals surface area (Å²) in [6.45, 7) is 6.55. The van der Waals surface area contributed by atoms with Crippen LogP contribution >= 0.6 is 11.3 Å². The maximum Gasteiger partial charge on any atom is 0.265 e. The van der Waals surface area contributed by atoms with Gasteiger partial charge in [-0.2, -0.15) is 0 Å². The second-order valence-electron chi connectivity index (χ2n) is 6.58. The van der Waals surface area contributed by atoms with Crippen molar-refractivity contribution in [2.24, 2.45) is 5.16 Å². The molecule has 0 aliphatic rings. The molecular weight excluding hydrogens is 396 g/mol. The van der Waals surface area contributed by atoms with Crippen LogP contribution in [-0.2, 0) is 11.4 Å². The summed E-state index contributed by atoms with van der Waals surface area (Å²) in [5, 5.41) is 6.86. The van der Waals surface area contributed by atoms with Gasteiger partial charge in [0.1, 0.15) is 0 Å². The Bertz CT molecular complexity index is 994. The summed E-state index contributed by atoms with van der Waals surface area (Å²) in [5.41, 5.74) is 9.17. The zero-order valence-corrected chi connectivity index (χ0v) is 18.0. The molecule has 1 aromatic heterocycles. The van der Waals surface area contributed by atoms with Crippen LogP contribution < -0.4 is 16.0 Å². The van der Waals surface area contributed by atoms with E-state index in [-0.39, 0.29) is 5.91 Å². The van der Waals surface area contributed by atoms with Crippen molar-refractivity contribution < 1.29 is 9.63 Å². The maximum absolute atomic E-state index is 12.4. The molecule has 0 fully saturated rings. The SMILES string of the molecule is CCN(CC)c1ccc(/C=N/OCc2ccc(C(=O)Nc3ccccc3N)s2)cc1. The van der Waals surface area contributed by atoms with Gasteiger partial charge in [0.15, 0.2) is 6.61 Å². The predicted molar refractivity (Wildman–Crippen MR) is 126 cm³/mol. The van der Waals surface area contributed by atoms with E-state index < -0.39 is 0 Å². The Hall–Kier alpha value is -3.32. The number of thiophene rings is 1. The first kappa shape index (κ1) is 21.4. The summed E-state index contributed by atoms with van der Waals surface area (Å²) in [6, 6.07) is 19.0. The minimum absolute atomic E-state index is 0.194.